The highest BCUT2D eigenvalue weighted by molar-refractivity contribution is 5.94. The van der Waals surface area contributed by atoms with Gasteiger partial charge in [-0.1, -0.05) is 26.0 Å². The molecule has 0 atom stereocenters. The molecule has 24 heavy (non-hydrogen) atoms. The molecule has 2 N–H and O–H groups in total. The zero-order valence-corrected chi connectivity index (χ0v) is 15.0. The van der Waals surface area contributed by atoms with Gasteiger partial charge in [-0.15, -0.1) is 0 Å². The van der Waals surface area contributed by atoms with Crippen molar-refractivity contribution in [3.63, 3.8) is 0 Å². The van der Waals surface area contributed by atoms with Crippen LogP contribution in [0.4, 0.5) is 5.69 Å². The zero-order chi connectivity index (χ0) is 17.5. The van der Waals surface area contributed by atoms with E-state index >= 15 is 0 Å². The summed E-state index contributed by atoms with van der Waals surface area (Å²) in [5, 5.41) is 5.89. The summed E-state index contributed by atoms with van der Waals surface area (Å²) in [6.07, 6.45) is 4.07. The van der Waals surface area contributed by atoms with E-state index in [2.05, 4.69) is 29.4 Å². The van der Waals surface area contributed by atoms with E-state index in [1.807, 2.05) is 31.3 Å². The lowest BCUT2D eigenvalue weighted by atomic mass is 10.1. The number of rotatable bonds is 9. The second kappa shape index (κ2) is 8.83. The molecular weight excluding hydrogens is 302 g/mol. The first kappa shape index (κ1) is 18.5. The van der Waals surface area contributed by atoms with Crippen molar-refractivity contribution in [3.8, 4) is 0 Å². The average Bonchev–Trinajstić information content (AvgIpc) is 3.39. The van der Waals surface area contributed by atoms with E-state index in [9.17, 15) is 9.59 Å². The second-order valence-corrected chi connectivity index (χ2v) is 6.63. The Morgan fingerprint density at radius 1 is 1.25 bits per heavy atom. The van der Waals surface area contributed by atoms with Crippen LogP contribution in [0.5, 0.6) is 0 Å². The van der Waals surface area contributed by atoms with Gasteiger partial charge in [0.1, 0.15) is 0 Å². The van der Waals surface area contributed by atoms with Gasteiger partial charge < -0.3 is 10.6 Å². The molecule has 0 aliphatic heterocycles. The number of benzene rings is 1. The molecule has 0 saturated heterocycles. The summed E-state index contributed by atoms with van der Waals surface area (Å²) < 4.78 is 0. The van der Waals surface area contributed by atoms with Crippen LogP contribution in [-0.2, 0) is 16.1 Å². The number of hydrogen-bond acceptors (Lipinski definition) is 3. The van der Waals surface area contributed by atoms with Crippen LogP contribution in [-0.4, -0.2) is 36.3 Å². The Balaban J connectivity index is 1.80. The lowest BCUT2D eigenvalue weighted by Crippen LogP contribution is -2.39. The summed E-state index contributed by atoms with van der Waals surface area (Å²) in [5.74, 6) is 0.314. The number of anilines is 1. The Morgan fingerprint density at radius 2 is 1.96 bits per heavy atom. The molecular formula is C19H29N3O2. The van der Waals surface area contributed by atoms with Crippen LogP contribution in [0.25, 0.3) is 0 Å². The fourth-order valence-electron chi connectivity index (χ4n) is 2.87. The van der Waals surface area contributed by atoms with Crippen molar-refractivity contribution in [3.05, 3.63) is 29.8 Å². The van der Waals surface area contributed by atoms with Crippen molar-refractivity contribution < 1.29 is 9.59 Å². The van der Waals surface area contributed by atoms with Crippen molar-refractivity contribution in [2.75, 3.05) is 18.9 Å². The van der Waals surface area contributed by atoms with E-state index in [1.54, 1.807) is 0 Å². The largest absolute Gasteiger partial charge is 0.351 e. The fourth-order valence-corrected chi connectivity index (χ4v) is 2.87. The molecule has 0 radical (unpaired) electrons. The highest BCUT2D eigenvalue weighted by Crippen LogP contribution is 2.30. The molecule has 1 saturated carbocycles. The number of nitrogens with one attached hydrogen (secondary N) is 2. The molecule has 0 unspecified atom stereocenters. The van der Waals surface area contributed by atoms with Gasteiger partial charge in [0.05, 0.1) is 6.54 Å². The molecule has 2 amide bonds. The number of nitrogens with zero attached hydrogens (tertiary/aromatic N) is 1. The first-order chi connectivity index (χ1) is 11.5. The number of hydrogen-bond donors (Lipinski definition) is 2. The summed E-state index contributed by atoms with van der Waals surface area (Å²) >= 11 is 0. The van der Waals surface area contributed by atoms with Crippen LogP contribution in [0, 0.1) is 5.92 Å². The summed E-state index contributed by atoms with van der Waals surface area (Å²) in [6.45, 7) is 5.17. The number of carbonyl (C=O) groups is 2. The zero-order valence-electron chi connectivity index (χ0n) is 15.0. The monoisotopic (exact) mass is 331 g/mol. The Hall–Kier alpha value is -1.88. The van der Waals surface area contributed by atoms with Gasteiger partial charge in [0, 0.05) is 24.2 Å². The number of amides is 2. The van der Waals surface area contributed by atoms with Crippen LogP contribution in [0.1, 0.15) is 45.1 Å². The van der Waals surface area contributed by atoms with Crippen molar-refractivity contribution >= 4 is 17.5 Å². The van der Waals surface area contributed by atoms with Gasteiger partial charge in [0.25, 0.3) is 0 Å². The molecule has 1 aromatic rings. The van der Waals surface area contributed by atoms with Crippen molar-refractivity contribution in [2.45, 2.75) is 52.1 Å². The van der Waals surface area contributed by atoms with Crippen molar-refractivity contribution in [2.24, 2.45) is 5.92 Å². The maximum absolute atomic E-state index is 12.1. The Morgan fingerprint density at radius 3 is 2.58 bits per heavy atom. The Labute approximate surface area is 144 Å². The molecule has 5 nitrogen and oxygen atoms in total. The summed E-state index contributed by atoms with van der Waals surface area (Å²) in [4.78, 5) is 26.0. The van der Waals surface area contributed by atoms with Gasteiger partial charge in [0.2, 0.25) is 11.8 Å². The SMILES string of the molecule is CCC(CC)N(C)CC(=O)NCc1cccc(NC(=O)C2CC2)c1. The van der Waals surface area contributed by atoms with E-state index in [-0.39, 0.29) is 17.7 Å². The number of carbonyl (C=O) groups excluding carboxylic acids is 2. The highest BCUT2D eigenvalue weighted by Gasteiger charge is 2.29. The van der Waals surface area contributed by atoms with E-state index in [0.29, 0.717) is 19.1 Å². The highest BCUT2D eigenvalue weighted by atomic mass is 16.2. The topological polar surface area (TPSA) is 61.4 Å². The standard InChI is InChI=1S/C19H29N3O2/c1-4-17(5-2)22(3)13-18(23)20-12-14-7-6-8-16(11-14)21-19(24)15-9-10-15/h6-8,11,15,17H,4-5,9-10,12-13H2,1-3H3,(H,20,23)(H,21,24). The summed E-state index contributed by atoms with van der Waals surface area (Å²) in [7, 11) is 1.99. The Kier molecular flexibility index (Phi) is 6.79. The molecule has 1 aliphatic rings. The summed E-state index contributed by atoms with van der Waals surface area (Å²) in [6, 6.07) is 8.10. The first-order valence-electron chi connectivity index (χ1n) is 8.90. The van der Waals surface area contributed by atoms with Crippen LogP contribution >= 0.6 is 0 Å². The van der Waals surface area contributed by atoms with E-state index in [4.69, 9.17) is 0 Å². The first-order valence-corrected chi connectivity index (χ1v) is 8.90. The third-order valence-electron chi connectivity index (χ3n) is 4.59. The lowest BCUT2D eigenvalue weighted by Gasteiger charge is -2.25. The fraction of sp³-hybridized carbons (Fsp3) is 0.579. The van der Waals surface area contributed by atoms with Crippen molar-refractivity contribution in [1.29, 1.82) is 0 Å². The molecule has 132 valence electrons. The van der Waals surface area contributed by atoms with Gasteiger partial charge >= 0.3 is 0 Å². The van der Waals surface area contributed by atoms with Crippen LogP contribution in [0.15, 0.2) is 24.3 Å². The van der Waals surface area contributed by atoms with Gasteiger partial charge in [-0.2, -0.15) is 0 Å². The van der Waals surface area contributed by atoms with E-state index < -0.39 is 0 Å². The molecule has 0 aromatic heterocycles. The van der Waals surface area contributed by atoms with Gasteiger partial charge in [-0.05, 0) is 50.4 Å². The van der Waals surface area contributed by atoms with Gasteiger partial charge in [0.15, 0.2) is 0 Å². The van der Waals surface area contributed by atoms with E-state index in [0.717, 1.165) is 36.9 Å². The lowest BCUT2D eigenvalue weighted by molar-refractivity contribution is -0.122. The predicted octanol–water partition coefficient (Wildman–Crippen LogP) is 2.77. The smallest absolute Gasteiger partial charge is 0.234 e. The molecule has 0 heterocycles. The van der Waals surface area contributed by atoms with Crippen LogP contribution in [0.2, 0.25) is 0 Å². The van der Waals surface area contributed by atoms with Crippen molar-refractivity contribution in [1.82, 2.24) is 10.2 Å². The van der Waals surface area contributed by atoms with Gasteiger partial charge in [-0.25, -0.2) is 0 Å². The Bertz CT molecular complexity index is 565. The molecule has 1 aromatic carbocycles. The normalized spacial score (nSPS) is 14.0. The predicted molar refractivity (Wildman–Crippen MR) is 96.6 cm³/mol. The quantitative estimate of drug-likeness (QED) is 0.731. The molecule has 2 rings (SSSR count). The minimum Gasteiger partial charge on any atom is -0.351 e. The summed E-state index contributed by atoms with van der Waals surface area (Å²) in [5.41, 5.74) is 1.79. The third-order valence-corrected chi connectivity index (χ3v) is 4.59. The molecule has 1 fully saturated rings. The average molecular weight is 331 g/mol. The maximum Gasteiger partial charge on any atom is 0.234 e. The third kappa shape index (κ3) is 5.64. The maximum atomic E-state index is 12.1. The molecule has 5 heteroatoms. The van der Waals surface area contributed by atoms with Crippen LogP contribution in [0.3, 0.4) is 0 Å². The molecule has 0 spiro atoms. The molecule has 1 aliphatic carbocycles. The van der Waals surface area contributed by atoms with Gasteiger partial charge in [-0.3, -0.25) is 14.5 Å². The minimum absolute atomic E-state index is 0.0248. The molecule has 0 bridgehead atoms. The van der Waals surface area contributed by atoms with Crippen LogP contribution < -0.4 is 10.6 Å². The second-order valence-electron chi connectivity index (χ2n) is 6.63. The minimum atomic E-state index is 0.0248. The van der Waals surface area contributed by atoms with E-state index in [1.165, 1.54) is 0 Å². The number of likely N-dealkylation sites (N-methyl/N-ethyl adjacent to an activating group) is 1.